The molecule has 6 heteroatoms. The normalized spacial score (nSPS) is 11.9. The molecular formula is C29H40N4O2. The maximum absolute atomic E-state index is 5.65. The first-order valence-electron chi connectivity index (χ1n) is 12.5. The van der Waals surface area contributed by atoms with Gasteiger partial charge in [0.1, 0.15) is 17.3 Å². The van der Waals surface area contributed by atoms with Crippen LogP contribution in [0, 0.1) is 0 Å². The summed E-state index contributed by atoms with van der Waals surface area (Å²) in [5, 5.41) is 7.05. The van der Waals surface area contributed by atoms with E-state index in [0.717, 1.165) is 67.6 Å². The lowest BCUT2D eigenvalue weighted by atomic mass is 10.0. The second kappa shape index (κ2) is 13.7. The lowest BCUT2D eigenvalue weighted by Crippen LogP contribution is -2.25. The first-order chi connectivity index (χ1) is 17.1. The summed E-state index contributed by atoms with van der Waals surface area (Å²) < 4.78 is 11.0. The highest BCUT2D eigenvalue weighted by Crippen LogP contribution is 2.31. The summed E-state index contributed by atoms with van der Waals surface area (Å²) in [6, 6.07) is 18.8. The van der Waals surface area contributed by atoms with E-state index in [1.54, 1.807) is 14.2 Å². The molecule has 6 nitrogen and oxygen atoms in total. The zero-order chi connectivity index (χ0) is 25.0. The number of nitrogens with one attached hydrogen (secondary N) is 2. The van der Waals surface area contributed by atoms with Gasteiger partial charge in [0.15, 0.2) is 0 Å². The number of rotatable bonds is 14. The predicted molar refractivity (Wildman–Crippen MR) is 145 cm³/mol. The molecular weight excluding hydrogens is 436 g/mol. The zero-order valence-electron chi connectivity index (χ0n) is 21.8. The van der Waals surface area contributed by atoms with Crippen molar-refractivity contribution in [3.8, 4) is 22.6 Å². The average Bonchev–Trinajstić information content (AvgIpc) is 2.92. The van der Waals surface area contributed by atoms with Crippen molar-refractivity contribution in [1.82, 2.24) is 15.2 Å². The molecule has 0 amide bonds. The number of methoxy groups -OCH3 is 2. The Labute approximate surface area is 210 Å². The van der Waals surface area contributed by atoms with Gasteiger partial charge in [-0.25, -0.2) is 4.98 Å². The number of nitrogens with zero attached hydrogens (tertiary/aromatic N) is 2. The summed E-state index contributed by atoms with van der Waals surface area (Å²) in [6.45, 7) is 11.5. The van der Waals surface area contributed by atoms with Gasteiger partial charge in [-0.05, 0) is 80.5 Å². The van der Waals surface area contributed by atoms with E-state index in [0.29, 0.717) is 0 Å². The highest BCUT2D eigenvalue weighted by atomic mass is 16.5. The zero-order valence-corrected chi connectivity index (χ0v) is 21.8. The van der Waals surface area contributed by atoms with E-state index in [2.05, 4.69) is 71.6 Å². The fraction of sp³-hybridized carbons (Fsp3) is 0.414. The number of anilines is 1. The van der Waals surface area contributed by atoms with Crippen LogP contribution in [0.2, 0.25) is 0 Å². The lowest BCUT2D eigenvalue weighted by molar-refractivity contribution is 0.303. The fourth-order valence-corrected chi connectivity index (χ4v) is 4.11. The Morgan fingerprint density at radius 1 is 0.971 bits per heavy atom. The van der Waals surface area contributed by atoms with Crippen LogP contribution < -0.4 is 20.1 Å². The smallest absolute Gasteiger partial charge is 0.126 e. The van der Waals surface area contributed by atoms with E-state index in [1.807, 2.05) is 30.5 Å². The molecule has 3 aromatic rings. The molecule has 0 aliphatic heterocycles. The molecule has 0 fully saturated rings. The molecule has 0 aliphatic rings. The maximum atomic E-state index is 5.65. The second-order valence-electron chi connectivity index (χ2n) is 8.65. The molecule has 188 valence electrons. The molecule has 0 unspecified atom stereocenters. The Kier molecular flexibility index (Phi) is 10.4. The van der Waals surface area contributed by atoms with Crippen molar-refractivity contribution in [2.75, 3.05) is 45.7 Å². The monoisotopic (exact) mass is 476 g/mol. The van der Waals surface area contributed by atoms with Gasteiger partial charge in [-0.15, -0.1) is 0 Å². The summed E-state index contributed by atoms with van der Waals surface area (Å²) in [4.78, 5) is 7.07. The van der Waals surface area contributed by atoms with Crippen molar-refractivity contribution in [3.05, 3.63) is 71.9 Å². The number of aromatic nitrogens is 1. The van der Waals surface area contributed by atoms with Crippen LogP contribution >= 0.6 is 0 Å². The molecule has 3 rings (SSSR count). The van der Waals surface area contributed by atoms with Gasteiger partial charge >= 0.3 is 0 Å². The molecule has 1 heterocycles. The Morgan fingerprint density at radius 2 is 1.80 bits per heavy atom. The SMILES string of the molecule is CCN(CC)CCCNc1ccc(-c2cc(CN[C@H](C)c3cccc(OC)c3)ccc2OC)cn1. The van der Waals surface area contributed by atoms with Crippen molar-refractivity contribution >= 4 is 5.82 Å². The number of benzene rings is 2. The quantitative estimate of drug-likeness (QED) is 0.289. The van der Waals surface area contributed by atoms with Crippen LogP contribution in [0.4, 0.5) is 5.82 Å². The van der Waals surface area contributed by atoms with Gasteiger partial charge in [0.25, 0.3) is 0 Å². The van der Waals surface area contributed by atoms with Crippen LogP contribution in [0.25, 0.3) is 11.1 Å². The standard InChI is InChI=1S/C29H40N4O2/c1-6-33(7-2)17-9-16-30-29-15-13-25(21-32-29)27-18-23(12-14-28(27)35-5)20-31-22(3)24-10-8-11-26(19-24)34-4/h8,10-15,18-19,21-22,31H,6-7,9,16-17,20H2,1-5H3,(H,30,32)/t22-/m1/s1. The van der Waals surface area contributed by atoms with Gasteiger partial charge in [-0.1, -0.05) is 32.0 Å². The number of hydrogen-bond acceptors (Lipinski definition) is 6. The number of pyridine rings is 1. The maximum Gasteiger partial charge on any atom is 0.126 e. The Hall–Kier alpha value is -3.09. The first-order valence-corrected chi connectivity index (χ1v) is 12.5. The summed E-state index contributed by atoms with van der Waals surface area (Å²) >= 11 is 0. The number of hydrogen-bond donors (Lipinski definition) is 2. The Bertz CT molecular complexity index is 1040. The molecule has 0 saturated heterocycles. The van der Waals surface area contributed by atoms with Crippen LogP contribution in [0.15, 0.2) is 60.8 Å². The van der Waals surface area contributed by atoms with E-state index in [1.165, 1.54) is 11.1 Å². The van der Waals surface area contributed by atoms with E-state index in [9.17, 15) is 0 Å². The van der Waals surface area contributed by atoms with Crippen LogP contribution in [0.3, 0.4) is 0 Å². The topological polar surface area (TPSA) is 58.7 Å². The number of ether oxygens (including phenoxy) is 2. The fourth-order valence-electron chi connectivity index (χ4n) is 4.11. The highest BCUT2D eigenvalue weighted by molar-refractivity contribution is 5.71. The molecule has 0 aliphatic carbocycles. The van der Waals surface area contributed by atoms with Gasteiger partial charge in [-0.2, -0.15) is 0 Å². The third kappa shape index (κ3) is 7.70. The van der Waals surface area contributed by atoms with Crippen LogP contribution in [-0.4, -0.2) is 50.3 Å². The molecule has 0 bridgehead atoms. The molecule has 0 radical (unpaired) electrons. The second-order valence-corrected chi connectivity index (χ2v) is 8.65. The molecule has 2 N–H and O–H groups in total. The third-order valence-electron chi connectivity index (χ3n) is 6.40. The summed E-state index contributed by atoms with van der Waals surface area (Å²) in [7, 11) is 3.40. The van der Waals surface area contributed by atoms with Crippen LogP contribution in [0.5, 0.6) is 11.5 Å². The van der Waals surface area contributed by atoms with E-state index >= 15 is 0 Å². The molecule has 2 aromatic carbocycles. The predicted octanol–water partition coefficient (Wildman–Crippen LogP) is 5.76. The minimum atomic E-state index is 0.199. The van der Waals surface area contributed by atoms with Crippen molar-refractivity contribution in [3.63, 3.8) is 0 Å². The van der Waals surface area contributed by atoms with Crippen molar-refractivity contribution in [2.24, 2.45) is 0 Å². The Morgan fingerprint density at radius 3 is 2.49 bits per heavy atom. The molecule has 0 saturated carbocycles. The average molecular weight is 477 g/mol. The van der Waals surface area contributed by atoms with Crippen molar-refractivity contribution in [1.29, 1.82) is 0 Å². The third-order valence-corrected chi connectivity index (χ3v) is 6.40. The minimum Gasteiger partial charge on any atom is -0.497 e. The van der Waals surface area contributed by atoms with E-state index < -0.39 is 0 Å². The largest absolute Gasteiger partial charge is 0.497 e. The minimum absolute atomic E-state index is 0.199. The van der Waals surface area contributed by atoms with Gasteiger partial charge in [-0.3, -0.25) is 0 Å². The summed E-state index contributed by atoms with van der Waals surface area (Å²) in [5.41, 5.74) is 4.47. The summed E-state index contributed by atoms with van der Waals surface area (Å²) in [5.74, 6) is 2.62. The highest BCUT2D eigenvalue weighted by Gasteiger charge is 2.10. The van der Waals surface area contributed by atoms with E-state index in [4.69, 9.17) is 9.47 Å². The Balaban J connectivity index is 1.62. The molecule has 0 spiro atoms. The van der Waals surface area contributed by atoms with Gasteiger partial charge in [0.05, 0.1) is 14.2 Å². The summed E-state index contributed by atoms with van der Waals surface area (Å²) in [6.07, 6.45) is 3.02. The van der Waals surface area contributed by atoms with Crippen LogP contribution in [-0.2, 0) is 6.54 Å². The van der Waals surface area contributed by atoms with Gasteiger partial charge in [0, 0.05) is 36.5 Å². The van der Waals surface area contributed by atoms with Gasteiger partial charge < -0.3 is 25.0 Å². The molecule has 1 atom stereocenters. The van der Waals surface area contributed by atoms with Crippen LogP contribution in [0.1, 0.15) is 44.4 Å². The first kappa shape index (κ1) is 26.5. The van der Waals surface area contributed by atoms with Crippen molar-refractivity contribution < 1.29 is 9.47 Å². The lowest BCUT2D eigenvalue weighted by Gasteiger charge is -2.18. The molecule has 1 aromatic heterocycles. The molecule has 35 heavy (non-hydrogen) atoms. The van der Waals surface area contributed by atoms with Crippen molar-refractivity contribution in [2.45, 2.75) is 39.8 Å². The van der Waals surface area contributed by atoms with E-state index in [-0.39, 0.29) is 6.04 Å². The van der Waals surface area contributed by atoms with Gasteiger partial charge in [0.2, 0.25) is 0 Å².